The molecule has 0 saturated carbocycles. The Hall–Kier alpha value is -2.63. The fourth-order valence-corrected chi connectivity index (χ4v) is 7.41. The topological polar surface area (TPSA) is 78.9 Å². The van der Waals surface area contributed by atoms with Gasteiger partial charge in [-0.3, -0.25) is 14.4 Å². The van der Waals surface area contributed by atoms with Crippen LogP contribution in [-0.4, -0.2) is 37.2 Å². The first-order valence-electron chi connectivity index (χ1n) is 26.2. The second kappa shape index (κ2) is 50.0. The van der Waals surface area contributed by atoms with Gasteiger partial charge in [0.05, 0.1) is 0 Å². The lowest BCUT2D eigenvalue weighted by Crippen LogP contribution is -2.30. The average Bonchev–Trinajstić information content (AvgIpc) is 3.26. The maximum absolute atomic E-state index is 12.8. The third kappa shape index (κ3) is 48.3. The largest absolute Gasteiger partial charge is 0.462 e. The summed E-state index contributed by atoms with van der Waals surface area (Å²) >= 11 is 0. The van der Waals surface area contributed by atoms with E-state index in [4.69, 9.17) is 14.2 Å². The van der Waals surface area contributed by atoms with E-state index in [1.54, 1.807) is 0 Å². The molecule has 0 aliphatic rings. The fourth-order valence-electron chi connectivity index (χ4n) is 7.41. The SMILES string of the molecule is CC/C=C\C/C=C\CCCCCCCCCC(=O)OC(COC(=O)CCCCCCC/C=C\C=C/CCCCCCCCC)COC(=O)CCCCCCCCCCCCC. The lowest BCUT2D eigenvalue weighted by Gasteiger charge is -2.18. The predicted molar refractivity (Wildman–Crippen MR) is 261 cm³/mol. The second-order valence-electron chi connectivity index (χ2n) is 17.4. The summed E-state index contributed by atoms with van der Waals surface area (Å²) < 4.78 is 16.8. The highest BCUT2D eigenvalue weighted by atomic mass is 16.6. The van der Waals surface area contributed by atoms with Crippen molar-refractivity contribution in [2.45, 2.75) is 271 Å². The Labute approximate surface area is 378 Å². The molecule has 6 heteroatoms. The smallest absolute Gasteiger partial charge is 0.306 e. The Balaban J connectivity index is 4.37. The quantitative estimate of drug-likeness (QED) is 0.0199. The third-order valence-electron chi connectivity index (χ3n) is 11.3. The van der Waals surface area contributed by atoms with Crippen LogP contribution in [0.15, 0.2) is 48.6 Å². The summed E-state index contributed by atoms with van der Waals surface area (Å²) in [7, 11) is 0. The number of ether oxygens (including phenoxy) is 3. The highest BCUT2D eigenvalue weighted by molar-refractivity contribution is 5.71. The van der Waals surface area contributed by atoms with Gasteiger partial charge in [0, 0.05) is 19.3 Å². The van der Waals surface area contributed by atoms with Gasteiger partial charge in [-0.1, -0.05) is 223 Å². The van der Waals surface area contributed by atoms with Gasteiger partial charge in [-0.05, 0) is 70.6 Å². The summed E-state index contributed by atoms with van der Waals surface area (Å²) in [4.78, 5) is 37.9. The number of hydrogen-bond donors (Lipinski definition) is 0. The van der Waals surface area contributed by atoms with Crippen LogP contribution in [0.25, 0.3) is 0 Å². The summed E-state index contributed by atoms with van der Waals surface area (Å²) in [5.41, 5.74) is 0. The first-order chi connectivity index (χ1) is 30.0. The minimum absolute atomic E-state index is 0.0794. The molecule has 0 saturated heterocycles. The van der Waals surface area contributed by atoms with Crippen molar-refractivity contribution in [1.82, 2.24) is 0 Å². The number of unbranched alkanes of at least 4 members (excludes halogenated alkanes) is 29. The van der Waals surface area contributed by atoms with Gasteiger partial charge in [-0.15, -0.1) is 0 Å². The van der Waals surface area contributed by atoms with E-state index >= 15 is 0 Å². The van der Waals surface area contributed by atoms with Gasteiger partial charge in [-0.25, -0.2) is 0 Å². The summed E-state index contributed by atoms with van der Waals surface area (Å²) in [6.07, 6.45) is 59.5. The molecule has 354 valence electrons. The number of allylic oxidation sites excluding steroid dienone is 8. The lowest BCUT2D eigenvalue weighted by molar-refractivity contribution is -0.167. The molecular formula is C55H98O6. The fraction of sp³-hybridized carbons (Fsp3) is 0.800. The maximum atomic E-state index is 12.8. The van der Waals surface area contributed by atoms with Gasteiger partial charge >= 0.3 is 17.9 Å². The minimum atomic E-state index is -0.780. The molecule has 1 unspecified atom stereocenters. The van der Waals surface area contributed by atoms with Crippen molar-refractivity contribution >= 4 is 17.9 Å². The van der Waals surface area contributed by atoms with Gasteiger partial charge in [-0.2, -0.15) is 0 Å². The Morgan fingerprint density at radius 2 is 0.689 bits per heavy atom. The van der Waals surface area contributed by atoms with Crippen LogP contribution in [0.4, 0.5) is 0 Å². The van der Waals surface area contributed by atoms with E-state index < -0.39 is 6.10 Å². The van der Waals surface area contributed by atoms with Crippen LogP contribution in [0, 0.1) is 0 Å². The van der Waals surface area contributed by atoms with E-state index in [2.05, 4.69) is 69.4 Å². The van der Waals surface area contributed by atoms with E-state index in [1.165, 1.54) is 128 Å². The molecule has 0 rings (SSSR count). The first-order valence-corrected chi connectivity index (χ1v) is 26.2. The molecule has 0 heterocycles. The standard InChI is InChI=1S/C55H98O6/c1-4-7-10-13-16-19-22-24-26-27-28-29-31-33-36-39-42-45-48-54(57)60-51-52(50-59-53(56)47-44-41-38-35-32-21-18-15-12-9-6-3)61-55(58)49-46-43-40-37-34-30-25-23-20-17-14-11-8-5-2/h8,11,17,20,26-29,52H,4-7,9-10,12-16,18-19,21-25,30-51H2,1-3H3/b11-8-,20-17-,27-26-,29-28-. The predicted octanol–water partition coefficient (Wildman–Crippen LogP) is 17.1. The average molecular weight is 855 g/mol. The second-order valence-corrected chi connectivity index (χ2v) is 17.4. The highest BCUT2D eigenvalue weighted by Crippen LogP contribution is 2.15. The molecule has 0 spiro atoms. The van der Waals surface area contributed by atoms with Crippen LogP contribution in [-0.2, 0) is 28.6 Å². The van der Waals surface area contributed by atoms with E-state index in [9.17, 15) is 14.4 Å². The number of hydrogen-bond acceptors (Lipinski definition) is 6. The van der Waals surface area contributed by atoms with Crippen LogP contribution in [0.2, 0.25) is 0 Å². The molecule has 0 N–H and O–H groups in total. The zero-order valence-electron chi connectivity index (χ0n) is 40.4. The molecule has 0 aromatic rings. The molecule has 6 nitrogen and oxygen atoms in total. The van der Waals surface area contributed by atoms with Gasteiger partial charge in [0.15, 0.2) is 6.10 Å². The van der Waals surface area contributed by atoms with Crippen LogP contribution >= 0.6 is 0 Å². The first kappa shape index (κ1) is 58.4. The molecule has 61 heavy (non-hydrogen) atoms. The van der Waals surface area contributed by atoms with Crippen molar-refractivity contribution in [1.29, 1.82) is 0 Å². The van der Waals surface area contributed by atoms with E-state index in [1.807, 2.05) is 0 Å². The van der Waals surface area contributed by atoms with Gasteiger partial charge in [0.25, 0.3) is 0 Å². The van der Waals surface area contributed by atoms with Crippen molar-refractivity contribution in [2.24, 2.45) is 0 Å². The normalized spacial score (nSPS) is 12.4. The Morgan fingerprint density at radius 1 is 0.361 bits per heavy atom. The Bertz CT molecular complexity index is 1070. The van der Waals surface area contributed by atoms with Gasteiger partial charge in [0.1, 0.15) is 13.2 Å². The zero-order chi connectivity index (χ0) is 44.4. The van der Waals surface area contributed by atoms with Crippen LogP contribution in [0.1, 0.15) is 265 Å². The molecular weight excluding hydrogens is 757 g/mol. The van der Waals surface area contributed by atoms with Crippen LogP contribution in [0.5, 0.6) is 0 Å². The number of rotatable bonds is 47. The van der Waals surface area contributed by atoms with Gasteiger partial charge < -0.3 is 14.2 Å². The summed E-state index contributed by atoms with van der Waals surface area (Å²) in [5.74, 6) is -0.897. The molecule has 1 atom stereocenters. The molecule has 0 amide bonds. The molecule has 0 fully saturated rings. The monoisotopic (exact) mass is 855 g/mol. The molecule has 0 aromatic carbocycles. The summed E-state index contributed by atoms with van der Waals surface area (Å²) in [6.45, 7) is 6.51. The summed E-state index contributed by atoms with van der Waals surface area (Å²) in [5, 5.41) is 0. The zero-order valence-corrected chi connectivity index (χ0v) is 40.4. The molecule has 0 aromatic heterocycles. The van der Waals surface area contributed by atoms with E-state index in [0.29, 0.717) is 19.3 Å². The molecule has 0 bridgehead atoms. The van der Waals surface area contributed by atoms with Gasteiger partial charge in [0.2, 0.25) is 0 Å². The molecule has 0 aliphatic heterocycles. The van der Waals surface area contributed by atoms with Crippen molar-refractivity contribution in [2.75, 3.05) is 13.2 Å². The lowest BCUT2D eigenvalue weighted by atomic mass is 10.1. The number of carbonyl (C=O) groups is 3. The highest BCUT2D eigenvalue weighted by Gasteiger charge is 2.19. The third-order valence-corrected chi connectivity index (χ3v) is 11.3. The Morgan fingerprint density at radius 3 is 1.08 bits per heavy atom. The van der Waals surface area contributed by atoms with Crippen molar-refractivity contribution in [3.05, 3.63) is 48.6 Å². The van der Waals surface area contributed by atoms with E-state index in [-0.39, 0.29) is 31.1 Å². The summed E-state index contributed by atoms with van der Waals surface area (Å²) in [6, 6.07) is 0. The minimum Gasteiger partial charge on any atom is -0.462 e. The maximum Gasteiger partial charge on any atom is 0.306 e. The van der Waals surface area contributed by atoms with Crippen molar-refractivity contribution in [3.8, 4) is 0 Å². The van der Waals surface area contributed by atoms with Crippen molar-refractivity contribution < 1.29 is 28.6 Å². The molecule has 0 aliphatic carbocycles. The van der Waals surface area contributed by atoms with E-state index in [0.717, 1.165) is 96.3 Å². The Kier molecular flexibility index (Phi) is 47.9. The number of carbonyl (C=O) groups excluding carboxylic acids is 3. The number of esters is 3. The van der Waals surface area contributed by atoms with Crippen LogP contribution in [0.3, 0.4) is 0 Å². The van der Waals surface area contributed by atoms with Crippen molar-refractivity contribution in [3.63, 3.8) is 0 Å². The van der Waals surface area contributed by atoms with Crippen LogP contribution < -0.4 is 0 Å². The molecule has 0 radical (unpaired) electrons.